The Morgan fingerprint density at radius 2 is 2.42 bits per heavy atom. The fourth-order valence-electron chi connectivity index (χ4n) is 1.23. The van der Waals surface area contributed by atoms with Crippen molar-refractivity contribution in [3.63, 3.8) is 0 Å². The van der Waals surface area contributed by atoms with E-state index in [-0.39, 0.29) is 22.8 Å². The third-order valence-electron chi connectivity index (χ3n) is 2.05. The number of hydrogen-bond donors (Lipinski definition) is 1. The Bertz CT molecular complexity index is 611. The number of carbonyl (C=O) groups excluding carboxylic acids is 1. The second kappa shape index (κ2) is 6.51. The fraction of sp³-hybridized carbons (Fsp3) is 0.100. The van der Waals surface area contributed by atoms with Gasteiger partial charge in [-0.25, -0.2) is 10.4 Å². The van der Waals surface area contributed by atoms with Gasteiger partial charge in [-0.15, -0.1) is 11.3 Å². The Hall–Kier alpha value is -0.890. The number of nitrogens with zero attached hydrogens (tertiary/aromatic N) is 3. The van der Waals surface area contributed by atoms with Crippen LogP contribution in [0.2, 0.25) is 10.3 Å². The lowest BCUT2D eigenvalue weighted by atomic mass is 10.5. The molecular formula is C10H7BrCl2N4OS. The van der Waals surface area contributed by atoms with Crippen molar-refractivity contribution in [1.82, 2.24) is 15.0 Å². The minimum atomic E-state index is -0.329. The molecule has 5 nitrogen and oxygen atoms in total. The van der Waals surface area contributed by atoms with Crippen LogP contribution >= 0.6 is 50.5 Å². The highest BCUT2D eigenvalue weighted by Gasteiger charge is 2.14. The molecule has 9 heteroatoms. The maximum absolute atomic E-state index is 11.7. The molecule has 0 bridgehead atoms. The Morgan fingerprint density at radius 1 is 1.63 bits per heavy atom. The molecular weight excluding hydrogens is 375 g/mol. The molecule has 0 aromatic carbocycles. The van der Waals surface area contributed by atoms with Crippen LogP contribution in [0.1, 0.15) is 4.88 Å². The molecule has 0 spiro atoms. The molecule has 19 heavy (non-hydrogen) atoms. The molecule has 2 rings (SSSR count). The molecule has 0 saturated heterocycles. The Morgan fingerprint density at radius 3 is 3.00 bits per heavy atom. The molecule has 0 saturated carbocycles. The number of thiophene rings is 1. The van der Waals surface area contributed by atoms with Gasteiger partial charge in [0.15, 0.2) is 9.89 Å². The SMILES string of the molecule is O=C(Cn1c(Br)nc(Cl)c1Cl)N/N=C\c1cccs1. The van der Waals surface area contributed by atoms with E-state index in [2.05, 4.69) is 31.4 Å². The van der Waals surface area contributed by atoms with Crippen molar-refractivity contribution < 1.29 is 4.79 Å². The van der Waals surface area contributed by atoms with Crippen LogP contribution < -0.4 is 5.43 Å². The van der Waals surface area contributed by atoms with E-state index in [1.807, 2.05) is 17.5 Å². The van der Waals surface area contributed by atoms with Gasteiger partial charge in [0.05, 0.1) is 6.21 Å². The summed E-state index contributed by atoms with van der Waals surface area (Å²) in [6, 6.07) is 3.79. The van der Waals surface area contributed by atoms with Crippen molar-refractivity contribution in [3.8, 4) is 0 Å². The predicted octanol–water partition coefficient (Wildman–Crippen LogP) is 3.16. The predicted molar refractivity (Wildman–Crippen MR) is 80.0 cm³/mol. The van der Waals surface area contributed by atoms with E-state index < -0.39 is 0 Å². The first-order valence-corrected chi connectivity index (χ1v) is 7.43. The Balaban J connectivity index is 1.94. The van der Waals surface area contributed by atoms with Crippen LogP contribution in [0.5, 0.6) is 0 Å². The number of halogens is 3. The highest BCUT2D eigenvalue weighted by Crippen LogP contribution is 2.25. The van der Waals surface area contributed by atoms with Crippen LogP contribution in [0.25, 0.3) is 0 Å². The maximum atomic E-state index is 11.7. The molecule has 2 aromatic rings. The number of carbonyl (C=O) groups is 1. The van der Waals surface area contributed by atoms with Gasteiger partial charge in [-0.1, -0.05) is 29.3 Å². The number of aromatic nitrogens is 2. The Labute approximate surface area is 131 Å². The van der Waals surface area contributed by atoms with Gasteiger partial charge in [0.25, 0.3) is 5.91 Å². The summed E-state index contributed by atoms with van der Waals surface area (Å²) in [7, 11) is 0. The van der Waals surface area contributed by atoms with E-state index in [1.54, 1.807) is 6.21 Å². The third-order valence-corrected chi connectivity index (χ3v) is 4.20. The molecule has 0 aliphatic heterocycles. The third kappa shape index (κ3) is 3.79. The summed E-state index contributed by atoms with van der Waals surface area (Å²) < 4.78 is 1.82. The number of amides is 1. The first kappa shape index (κ1) is 14.5. The van der Waals surface area contributed by atoms with E-state index in [0.717, 1.165) is 4.88 Å². The zero-order valence-electron chi connectivity index (χ0n) is 9.31. The molecule has 0 unspecified atom stereocenters. The summed E-state index contributed by atoms with van der Waals surface area (Å²) in [4.78, 5) is 16.5. The molecule has 100 valence electrons. The number of nitrogens with one attached hydrogen (secondary N) is 1. The van der Waals surface area contributed by atoms with Crippen molar-refractivity contribution in [2.24, 2.45) is 5.10 Å². The largest absolute Gasteiger partial charge is 0.299 e. The van der Waals surface area contributed by atoms with Crippen molar-refractivity contribution in [2.45, 2.75) is 6.54 Å². The van der Waals surface area contributed by atoms with Gasteiger partial charge in [0.1, 0.15) is 11.7 Å². The number of imidazole rings is 1. The van der Waals surface area contributed by atoms with Crippen LogP contribution in [-0.2, 0) is 11.3 Å². The second-order valence-electron chi connectivity index (χ2n) is 3.36. The summed E-state index contributed by atoms with van der Waals surface area (Å²) in [5.74, 6) is -0.329. The fourth-order valence-corrected chi connectivity index (χ4v) is 2.86. The summed E-state index contributed by atoms with van der Waals surface area (Å²) in [6.07, 6.45) is 1.57. The van der Waals surface area contributed by atoms with Crippen LogP contribution in [-0.4, -0.2) is 21.7 Å². The molecule has 2 heterocycles. The van der Waals surface area contributed by atoms with Crippen molar-refractivity contribution >= 4 is 62.6 Å². The molecule has 0 aliphatic carbocycles. The standard InChI is InChI=1S/C10H7BrCl2N4OS/c11-10-15-8(12)9(13)17(10)5-7(18)16-14-4-6-2-1-3-19-6/h1-4H,5H2,(H,16,18)/b14-4-. The van der Waals surface area contributed by atoms with Crippen LogP contribution in [0.3, 0.4) is 0 Å². The van der Waals surface area contributed by atoms with E-state index >= 15 is 0 Å². The smallest absolute Gasteiger partial charge is 0.260 e. The Kier molecular flexibility index (Phi) is 4.98. The van der Waals surface area contributed by atoms with Crippen molar-refractivity contribution in [1.29, 1.82) is 0 Å². The van der Waals surface area contributed by atoms with Gasteiger partial charge in [0.2, 0.25) is 0 Å². The number of rotatable bonds is 4. The van der Waals surface area contributed by atoms with Crippen LogP contribution in [0.4, 0.5) is 0 Å². The topological polar surface area (TPSA) is 59.3 Å². The van der Waals surface area contributed by atoms with Gasteiger partial charge in [0, 0.05) is 4.88 Å². The van der Waals surface area contributed by atoms with E-state index in [1.165, 1.54) is 15.9 Å². The monoisotopic (exact) mass is 380 g/mol. The minimum absolute atomic E-state index is 0.0269. The molecule has 0 radical (unpaired) electrons. The van der Waals surface area contributed by atoms with Crippen LogP contribution in [0.15, 0.2) is 27.3 Å². The maximum Gasteiger partial charge on any atom is 0.260 e. The summed E-state index contributed by atoms with van der Waals surface area (Å²) in [5.41, 5.74) is 2.40. The highest BCUT2D eigenvalue weighted by atomic mass is 79.9. The second-order valence-corrected chi connectivity index (χ2v) is 5.76. The first-order chi connectivity index (χ1) is 9.08. The van der Waals surface area contributed by atoms with E-state index in [0.29, 0.717) is 4.73 Å². The van der Waals surface area contributed by atoms with Gasteiger partial charge >= 0.3 is 0 Å². The molecule has 1 N–H and O–H groups in total. The quantitative estimate of drug-likeness (QED) is 0.653. The molecule has 0 fully saturated rings. The number of hydrazone groups is 1. The molecule has 1 amide bonds. The minimum Gasteiger partial charge on any atom is -0.299 e. The summed E-state index contributed by atoms with van der Waals surface area (Å²) >= 11 is 16.3. The zero-order chi connectivity index (χ0) is 13.8. The lowest BCUT2D eigenvalue weighted by Gasteiger charge is -2.03. The van der Waals surface area contributed by atoms with Gasteiger partial charge < -0.3 is 0 Å². The van der Waals surface area contributed by atoms with Gasteiger partial charge in [-0.2, -0.15) is 5.10 Å². The van der Waals surface area contributed by atoms with E-state index in [9.17, 15) is 4.79 Å². The van der Waals surface area contributed by atoms with Gasteiger partial charge in [-0.3, -0.25) is 9.36 Å². The molecule has 0 atom stereocenters. The van der Waals surface area contributed by atoms with Crippen molar-refractivity contribution in [3.05, 3.63) is 37.4 Å². The van der Waals surface area contributed by atoms with Gasteiger partial charge in [-0.05, 0) is 27.4 Å². The normalized spacial score (nSPS) is 11.1. The number of hydrogen-bond acceptors (Lipinski definition) is 4. The van der Waals surface area contributed by atoms with Crippen molar-refractivity contribution in [2.75, 3.05) is 0 Å². The zero-order valence-corrected chi connectivity index (χ0v) is 13.2. The average Bonchev–Trinajstić information content (AvgIpc) is 2.94. The lowest BCUT2D eigenvalue weighted by Crippen LogP contribution is -2.23. The average molecular weight is 382 g/mol. The van der Waals surface area contributed by atoms with E-state index in [4.69, 9.17) is 23.2 Å². The first-order valence-electron chi connectivity index (χ1n) is 5.00. The highest BCUT2D eigenvalue weighted by molar-refractivity contribution is 9.10. The summed E-state index contributed by atoms with van der Waals surface area (Å²) in [5, 5.41) is 6.10. The molecule has 0 aliphatic rings. The lowest BCUT2D eigenvalue weighted by molar-refractivity contribution is -0.121. The van der Waals surface area contributed by atoms with Crippen LogP contribution in [0, 0.1) is 0 Å². The molecule has 2 aromatic heterocycles. The summed E-state index contributed by atoms with van der Waals surface area (Å²) in [6.45, 7) is -0.0269.